The van der Waals surface area contributed by atoms with Crippen LogP contribution in [0.25, 0.3) is 10.9 Å². The molecule has 0 aliphatic carbocycles. The summed E-state index contributed by atoms with van der Waals surface area (Å²) in [6.07, 6.45) is 1.80. The molecule has 1 amide bonds. The van der Waals surface area contributed by atoms with Crippen LogP contribution in [-0.2, 0) is 11.2 Å². The number of nitrogens with one attached hydrogen (secondary N) is 1. The smallest absolute Gasteiger partial charge is 0.415 e. The van der Waals surface area contributed by atoms with E-state index in [0.717, 1.165) is 16.5 Å². The maximum Gasteiger partial charge on any atom is 0.415 e. The highest BCUT2D eigenvalue weighted by Gasteiger charge is 2.24. The van der Waals surface area contributed by atoms with Crippen molar-refractivity contribution in [2.45, 2.75) is 6.42 Å². The van der Waals surface area contributed by atoms with Gasteiger partial charge in [0.05, 0.1) is 6.54 Å². The van der Waals surface area contributed by atoms with Crippen molar-refractivity contribution in [3.8, 4) is 0 Å². The monoisotopic (exact) mass is 375 g/mol. The number of benzene rings is 1. The Balaban J connectivity index is 0.000000660. The van der Waals surface area contributed by atoms with E-state index in [1.54, 1.807) is 12.3 Å². The van der Waals surface area contributed by atoms with Crippen LogP contribution < -0.4 is 10.5 Å². The van der Waals surface area contributed by atoms with Crippen LogP contribution in [0.4, 0.5) is 19.4 Å². The quantitative estimate of drug-likeness (QED) is 0.759. The van der Waals surface area contributed by atoms with E-state index in [0.29, 0.717) is 31.0 Å². The summed E-state index contributed by atoms with van der Waals surface area (Å²) in [7, 11) is 0. The number of nitrogens with zero attached hydrogens (tertiary/aromatic N) is 2. The number of H-pyrrole nitrogens is 1. The fraction of sp³-hybridized carbons (Fsp3) is 0.211. The Labute approximate surface area is 154 Å². The first kappa shape index (κ1) is 18.5. The number of hydrogen-bond donors (Lipinski definition) is 1. The molecule has 1 N–H and O–H groups in total. The molecule has 0 saturated carbocycles. The minimum Gasteiger partial charge on any atom is -0.447 e. The number of aromatic nitrogens is 2. The van der Waals surface area contributed by atoms with Gasteiger partial charge in [-0.3, -0.25) is 9.69 Å². The standard InChI is InChI=1S/C18H15N3O3.CH2F2.H2/c22-17-14(10-13-3-1-2-4-15(13)20-17)9-12-5-6-16(19-11-12)21-7-8-24-18(21)23;2-1-3;/h1-6,10-11H,7-9H2,(H,20,22);1H2;1H. The molecule has 0 bridgehead atoms. The lowest BCUT2D eigenvalue weighted by Crippen LogP contribution is -2.24. The van der Waals surface area contributed by atoms with Gasteiger partial charge in [-0.1, -0.05) is 24.3 Å². The molecule has 1 aliphatic rings. The van der Waals surface area contributed by atoms with Gasteiger partial charge in [-0.05, 0) is 29.1 Å². The third-order valence-corrected chi connectivity index (χ3v) is 4.07. The van der Waals surface area contributed by atoms with Gasteiger partial charge < -0.3 is 9.72 Å². The van der Waals surface area contributed by atoms with Gasteiger partial charge in [-0.2, -0.15) is 0 Å². The maximum absolute atomic E-state index is 12.2. The van der Waals surface area contributed by atoms with E-state index in [1.807, 2.05) is 36.4 Å². The Morgan fingerprint density at radius 1 is 1.19 bits per heavy atom. The van der Waals surface area contributed by atoms with Gasteiger partial charge in [0, 0.05) is 25.1 Å². The van der Waals surface area contributed by atoms with E-state index in [9.17, 15) is 18.4 Å². The van der Waals surface area contributed by atoms with Crippen molar-refractivity contribution in [3.05, 3.63) is 70.1 Å². The summed E-state index contributed by atoms with van der Waals surface area (Å²) < 4.78 is 24.2. The zero-order valence-electron chi connectivity index (χ0n) is 14.3. The third-order valence-electron chi connectivity index (χ3n) is 4.07. The number of amides is 1. The maximum atomic E-state index is 12.2. The molecule has 1 fully saturated rings. The van der Waals surface area contributed by atoms with Gasteiger partial charge >= 0.3 is 6.09 Å². The number of alkyl halides is 2. The van der Waals surface area contributed by atoms with Crippen molar-refractivity contribution >= 4 is 22.8 Å². The predicted octanol–water partition coefficient (Wildman–Crippen LogP) is 3.60. The number of cyclic esters (lactones) is 1. The molecule has 0 unspecified atom stereocenters. The summed E-state index contributed by atoms with van der Waals surface area (Å²) >= 11 is 0. The molecule has 142 valence electrons. The topological polar surface area (TPSA) is 75.3 Å². The SMILES string of the molecule is FCF.O=C1OCCN1c1ccc(Cc2cc3ccccc3[nH]c2=O)cn1.[HH]. The van der Waals surface area contributed by atoms with E-state index >= 15 is 0 Å². The van der Waals surface area contributed by atoms with E-state index in [4.69, 9.17) is 4.74 Å². The first-order valence-electron chi connectivity index (χ1n) is 8.24. The minimum atomic E-state index is -1.75. The Kier molecular flexibility index (Phi) is 5.75. The average molecular weight is 375 g/mol. The average Bonchev–Trinajstić information content (AvgIpc) is 3.10. The van der Waals surface area contributed by atoms with Crippen molar-refractivity contribution in [2.75, 3.05) is 25.0 Å². The predicted molar refractivity (Wildman–Crippen MR) is 99.5 cm³/mol. The number of halogens is 2. The number of rotatable bonds is 3. The molecule has 6 nitrogen and oxygen atoms in total. The van der Waals surface area contributed by atoms with Crippen molar-refractivity contribution in [1.82, 2.24) is 9.97 Å². The first-order chi connectivity index (χ1) is 13.1. The Morgan fingerprint density at radius 2 is 1.96 bits per heavy atom. The summed E-state index contributed by atoms with van der Waals surface area (Å²) in [6.45, 7) is -0.857. The third kappa shape index (κ3) is 4.28. The molecule has 0 spiro atoms. The summed E-state index contributed by atoms with van der Waals surface area (Å²) in [5.41, 5.74) is 2.32. The van der Waals surface area contributed by atoms with Crippen LogP contribution in [0, 0.1) is 0 Å². The number of hydrogen-bond acceptors (Lipinski definition) is 4. The molecule has 27 heavy (non-hydrogen) atoms. The summed E-state index contributed by atoms with van der Waals surface area (Å²) in [5, 5.41) is 0.997. The van der Waals surface area contributed by atoms with Crippen LogP contribution in [0.1, 0.15) is 12.6 Å². The van der Waals surface area contributed by atoms with Gasteiger partial charge in [-0.25, -0.2) is 18.6 Å². The zero-order valence-corrected chi connectivity index (χ0v) is 14.3. The van der Waals surface area contributed by atoms with Gasteiger partial charge in [0.2, 0.25) is 6.93 Å². The van der Waals surface area contributed by atoms with Crippen LogP contribution in [0.15, 0.2) is 53.5 Å². The van der Waals surface area contributed by atoms with E-state index < -0.39 is 6.93 Å². The van der Waals surface area contributed by atoms with E-state index in [1.165, 1.54) is 4.90 Å². The number of ether oxygens (including phenoxy) is 1. The lowest BCUT2D eigenvalue weighted by Gasteiger charge is -2.11. The van der Waals surface area contributed by atoms with Gasteiger partial charge in [-0.15, -0.1) is 0 Å². The lowest BCUT2D eigenvalue weighted by molar-refractivity contribution is 0.181. The number of carbonyl (C=O) groups excluding carboxylic acids is 1. The van der Waals surface area contributed by atoms with Crippen LogP contribution >= 0.6 is 0 Å². The number of anilines is 1. The van der Waals surface area contributed by atoms with Crippen molar-refractivity contribution in [3.63, 3.8) is 0 Å². The number of pyridine rings is 2. The van der Waals surface area contributed by atoms with E-state index in [-0.39, 0.29) is 13.1 Å². The molecule has 0 atom stereocenters. The van der Waals surface area contributed by atoms with Crippen LogP contribution in [0.3, 0.4) is 0 Å². The van der Waals surface area contributed by atoms with Gasteiger partial charge in [0.25, 0.3) is 5.56 Å². The van der Waals surface area contributed by atoms with E-state index in [2.05, 4.69) is 9.97 Å². The molecule has 8 heteroatoms. The van der Waals surface area contributed by atoms with Gasteiger partial charge in [0.1, 0.15) is 12.4 Å². The molecule has 3 aromatic rings. The Bertz CT molecular complexity index is 996. The molecule has 1 saturated heterocycles. The summed E-state index contributed by atoms with van der Waals surface area (Å²) in [5.74, 6) is 0.564. The second-order valence-corrected chi connectivity index (χ2v) is 5.78. The molecule has 0 radical (unpaired) electrons. The summed E-state index contributed by atoms with van der Waals surface area (Å²) in [4.78, 5) is 32.4. The first-order valence-corrected chi connectivity index (χ1v) is 8.24. The second-order valence-electron chi connectivity index (χ2n) is 5.78. The number of carbonyl (C=O) groups is 1. The lowest BCUT2D eigenvalue weighted by atomic mass is 10.1. The molecule has 3 heterocycles. The highest BCUT2D eigenvalue weighted by molar-refractivity contribution is 5.88. The van der Waals surface area contributed by atoms with Crippen LogP contribution in [0.2, 0.25) is 0 Å². The van der Waals surface area contributed by atoms with Crippen LogP contribution in [-0.4, -0.2) is 36.1 Å². The Hall–Kier alpha value is -3.29. The zero-order chi connectivity index (χ0) is 19.2. The minimum absolute atomic E-state index is 0. The normalized spacial score (nSPS) is 13.3. The summed E-state index contributed by atoms with van der Waals surface area (Å²) in [6, 6.07) is 13.2. The molecule has 1 aromatic carbocycles. The number of para-hydroxylation sites is 1. The largest absolute Gasteiger partial charge is 0.447 e. The molecule has 4 rings (SSSR count). The number of aromatic amines is 1. The second kappa shape index (κ2) is 8.39. The van der Waals surface area contributed by atoms with Gasteiger partial charge in [0.15, 0.2) is 0 Å². The molecular formula is C19H19F2N3O3. The molecule has 2 aromatic heterocycles. The molecular weight excluding hydrogens is 356 g/mol. The number of fused-ring (bicyclic) bond motifs is 1. The van der Waals surface area contributed by atoms with Crippen LogP contribution in [0.5, 0.6) is 0 Å². The highest BCUT2D eigenvalue weighted by Crippen LogP contribution is 2.18. The highest BCUT2D eigenvalue weighted by atomic mass is 19.3. The Morgan fingerprint density at radius 3 is 2.63 bits per heavy atom. The van der Waals surface area contributed by atoms with Crippen molar-refractivity contribution < 1.29 is 19.7 Å². The van der Waals surface area contributed by atoms with Crippen molar-refractivity contribution in [1.29, 1.82) is 0 Å². The molecule has 1 aliphatic heterocycles. The fourth-order valence-electron chi connectivity index (χ4n) is 2.83. The van der Waals surface area contributed by atoms with Crippen molar-refractivity contribution in [2.24, 2.45) is 0 Å². The fourth-order valence-corrected chi connectivity index (χ4v) is 2.83.